The van der Waals surface area contributed by atoms with Crippen LogP contribution in [0.2, 0.25) is 0 Å². The molecule has 1 atom stereocenters. The summed E-state index contributed by atoms with van der Waals surface area (Å²) >= 11 is 0. The zero-order valence-electron chi connectivity index (χ0n) is 10.0. The van der Waals surface area contributed by atoms with Crippen LogP contribution in [0.5, 0.6) is 0 Å². The molecule has 0 unspecified atom stereocenters. The third-order valence-electron chi connectivity index (χ3n) is 2.15. The molecule has 1 amide bonds. The molecule has 4 heteroatoms. The highest BCUT2D eigenvalue weighted by Crippen LogP contribution is 2.11. The van der Waals surface area contributed by atoms with Crippen LogP contribution in [0.1, 0.15) is 27.2 Å². The average Bonchev–Trinajstić information content (AvgIpc) is 2.11. The summed E-state index contributed by atoms with van der Waals surface area (Å²) in [6, 6.07) is 0. The van der Waals surface area contributed by atoms with E-state index in [0.29, 0.717) is 12.5 Å². The average molecular weight is 215 g/mol. The van der Waals surface area contributed by atoms with E-state index in [1.807, 2.05) is 0 Å². The maximum absolute atomic E-state index is 11.3. The zero-order chi connectivity index (χ0) is 11.8. The second kappa shape index (κ2) is 7.40. The Morgan fingerprint density at radius 1 is 1.33 bits per heavy atom. The van der Waals surface area contributed by atoms with Crippen molar-refractivity contribution in [3.8, 4) is 0 Å². The van der Waals surface area contributed by atoms with Gasteiger partial charge in [-0.15, -0.1) is 0 Å². The van der Waals surface area contributed by atoms with Crippen LogP contribution in [0.3, 0.4) is 0 Å². The fraction of sp³-hybridized carbons (Fsp3) is 0.818. The number of carbonyl (C=O) groups is 2. The molecule has 0 radical (unpaired) electrons. The van der Waals surface area contributed by atoms with Gasteiger partial charge in [-0.2, -0.15) is 0 Å². The van der Waals surface area contributed by atoms with E-state index in [4.69, 9.17) is 0 Å². The van der Waals surface area contributed by atoms with Crippen molar-refractivity contribution < 1.29 is 14.3 Å². The van der Waals surface area contributed by atoms with Crippen molar-refractivity contribution in [1.82, 2.24) is 5.32 Å². The van der Waals surface area contributed by atoms with Crippen molar-refractivity contribution in [2.75, 3.05) is 20.3 Å². The first-order valence-corrected chi connectivity index (χ1v) is 5.23. The van der Waals surface area contributed by atoms with E-state index in [1.165, 1.54) is 7.11 Å². The normalized spacial score (nSPS) is 12.6. The molecule has 0 aliphatic rings. The van der Waals surface area contributed by atoms with Gasteiger partial charge in [0.25, 0.3) is 0 Å². The number of nitrogens with one attached hydrogen (secondary N) is 1. The van der Waals surface area contributed by atoms with E-state index in [9.17, 15) is 9.59 Å². The SMILES string of the molecule is COCC(=O)NC[C@@H](CC(C)C)C(C)=O. The van der Waals surface area contributed by atoms with Crippen LogP contribution >= 0.6 is 0 Å². The van der Waals surface area contributed by atoms with Crippen molar-refractivity contribution >= 4 is 11.7 Å². The predicted octanol–water partition coefficient (Wildman–Crippen LogP) is 1.00. The van der Waals surface area contributed by atoms with Gasteiger partial charge in [-0.25, -0.2) is 0 Å². The summed E-state index contributed by atoms with van der Waals surface area (Å²) < 4.78 is 4.68. The second-order valence-corrected chi connectivity index (χ2v) is 4.17. The van der Waals surface area contributed by atoms with Gasteiger partial charge in [-0.3, -0.25) is 9.59 Å². The third-order valence-corrected chi connectivity index (χ3v) is 2.15. The van der Waals surface area contributed by atoms with Crippen molar-refractivity contribution in [2.45, 2.75) is 27.2 Å². The van der Waals surface area contributed by atoms with Crippen molar-refractivity contribution in [3.63, 3.8) is 0 Å². The Bertz CT molecular complexity index is 214. The van der Waals surface area contributed by atoms with Crippen LogP contribution in [0, 0.1) is 11.8 Å². The summed E-state index contributed by atoms with van der Waals surface area (Å²) in [5.41, 5.74) is 0. The molecule has 15 heavy (non-hydrogen) atoms. The number of rotatable bonds is 7. The molecule has 0 aromatic rings. The summed E-state index contributed by atoms with van der Waals surface area (Å²) in [5, 5.41) is 2.69. The van der Waals surface area contributed by atoms with Gasteiger partial charge in [0.05, 0.1) is 0 Å². The maximum atomic E-state index is 11.3. The summed E-state index contributed by atoms with van der Waals surface area (Å²) in [7, 11) is 1.47. The first kappa shape index (κ1) is 14.1. The maximum Gasteiger partial charge on any atom is 0.246 e. The lowest BCUT2D eigenvalue weighted by Gasteiger charge is -2.16. The van der Waals surface area contributed by atoms with Gasteiger partial charge in [0, 0.05) is 19.6 Å². The Hall–Kier alpha value is -0.900. The van der Waals surface area contributed by atoms with E-state index >= 15 is 0 Å². The molecular formula is C11H21NO3. The Labute approximate surface area is 91.4 Å². The molecular weight excluding hydrogens is 194 g/mol. The van der Waals surface area contributed by atoms with Crippen LogP contribution in [0.15, 0.2) is 0 Å². The first-order chi connectivity index (χ1) is 6.97. The fourth-order valence-corrected chi connectivity index (χ4v) is 1.38. The number of carbonyl (C=O) groups excluding carboxylic acids is 2. The minimum atomic E-state index is -0.174. The molecule has 1 N–H and O–H groups in total. The topological polar surface area (TPSA) is 55.4 Å². The lowest BCUT2D eigenvalue weighted by molar-refractivity contribution is -0.125. The van der Waals surface area contributed by atoms with E-state index in [2.05, 4.69) is 23.9 Å². The first-order valence-electron chi connectivity index (χ1n) is 5.23. The molecule has 0 aliphatic carbocycles. The number of ketones is 1. The summed E-state index contributed by atoms with van der Waals surface area (Å²) in [4.78, 5) is 22.4. The highest BCUT2D eigenvalue weighted by Gasteiger charge is 2.16. The van der Waals surface area contributed by atoms with Gasteiger partial charge < -0.3 is 10.1 Å². The molecule has 0 rings (SSSR count). The quantitative estimate of drug-likeness (QED) is 0.689. The molecule has 0 aliphatic heterocycles. The van der Waals surface area contributed by atoms with Gasteiger partial charge in [0.1, 0.15) is 12.4 Å². The summed E-state index contributed by atoms with van der Waals surface area (Å²) in [5.74, 6) is 0.331. The molecule has 0 saturated heterocycles. The minimum Gasteiger partial charge on any atom is -0.375 e. The number of ether oxygens (including phenoxy) is 1. The van der Waals surface area contributed by atoms with Gasteiger partial charge in [-0.05, 0) is 19.3 Å². The lowest BCUT2D eigenvalue weighted by Crippen LogP contribution is -2.34. The molecule has 0 aromatic carbocycles. The van der Waals surface area contributed by atoms with Gasteiger partial charge in [0.2, 0.25) is 5.91 Å². The second-order valence-electron chi connectivity index (χ2n) is 4.17. The molecule has 88 valence electrons. The molecule has 4 nitrogen and oxygen atoms in total. The molecule has 0 bridgehead atoms. The van der Waals surface area contributed by atoms with E-state index in [1.54, 1.807) is 6.92 Å². The highest BCUT2D eigenvalue weighted by molar-refractivity contribution is 5.81. The summed E-state index contributed by atoms with van der Waals surface area (Å²) in [6.07, 6.45) is 0.808. The number of Topliss-reactive ketones (excluding diaryl/α,β-unsaturated/α-hetero) is 1. The number of hydrogen-bond donors (Lipinski definition) is 1. The van der Waals surface area contributed by atoms with Gasteiger partial charge in [-0.1, -0.05) is 13.8 Å². The third kappa shape index (κ3) is 7.08. The van der Waals surface area contributed by atoms with Crippen molar-refractivity contribution in [1.29, 1.82) is 0 Å². The lowest BCUT2D eigenvalue weighted by atomic mass is 9.94. The van der Waals surface area contributed by atoms with Crippen LogP contribution in [-0.4, -0.2) is 32.0 Å². The molecule has 0 spiro atoms. The van der Waals surface area contributed by atoms with Crippen LogP contribution in [-0.2, 0) is 14.3 Å². The Kier molecular flexibility index (Phi) is 6.96. The molecule has 0 saturated carbocycles. The van der Waals surface area contributed by atoms with E-state index in [0.717, 1.165) is 6.42 Å². The van der Waals surface area contributed by atoms with E-state index < -0.39 is 0 Å². The van der Waals surface area contributed by atoms with Crippen LogP contribution < -0.4 is 5.32 Å². The monoisotopic (exact) mass is 215 g/mol. The van der Waals surface area contributed by atoms with Gasteiger partial charge >= 0.3 is 0 Å². The standard InChI is InChI=1S/C11H21NO3/c1-8(2)5-10(9(3)13)6-12-11(14)7-15-4/h8,10H,5-7H2,1-4H3,(H,12,14)/t10-/m1/s1. The molecule has 0 fully saturated rings. The van der Waals surface area contributed by atoms with Crippen molar-refractivity contribution in [3.05, 3.63) is 0 Å². The molecule has 0 aromatic heterocycles. The Balaban J connectivity index is 3.96. The minimum absolute atomic E-state index is 0.0479. The fourth-order valence-electron chi connectivity index (χ4n) is 1.38. The largest absolute Gasteiger partial charge is 0.375 e. The number of methoxy groups -OCH3 is 1. The predicted molar refractivity (Wildman–Crippen MR) is 58.5 cm³/mol. The Morgan fingerprint density at radius 2 is 1.93 bits per heavy atom. The van der Waals surface area contributed by atoms with Gasteiger partial charge in [0.15, 0.2) is 0 Å². The molecule has 0 heterocycles. The zero-order valence-corrected chi connectivity index (χ0v) is 10.0. The number of hydrogen-bond acceptors (Lipinski definition) is 3. The summed E-state index contributed by atoms with van der Waals surface area (Å²) in [6.45, 7) is 6.15. The van der Waals surface area contributed by atoms with Crippen LogP contribution in [0.25, 0.3) is 0 Å². The number of amides is 1. The smallest absolute Gasteiger partial charge is 0.246 e. The van der Waals surface area contributed by atoms with Crippen LogP contribution in [0.4, 0.5) is 0 Å². The Morgan fingerprint density at radius 3 is 2.33 bits per heavy atom. The van der Waals surface area contributed by atoms with E-state index in [-0.39, 0.29) is 24.2 Å². The van der Waals surface area contributed by atoms with Crippen molar-refractivity contribution in [2.24, 2.45) is 11.8 Å². The highest BCUT2D eigenvalue weighted by atomic mass is 16.5.